The Morgan fingerprint density at radius 3 is 2.10 bits per heavy atom. The molecule has 6 nitrogen and oxygen atoms in total. The van der Waals surface area contributed by atoms with E-state index in [9.17, 15) is 14.7 Å². The largest absolute Gasteiger partial charge is 0.479 e. The number of nitrogens with zero attached hydrogens (tertiary/aromatic N) is 2. The highest BCUT2D eigenvalue weighted by Gasteiger charge is 2.43. The van der Waals surface area contributed by atoms with Crippen LogP contribution in [0.1, 0.15) is 33.3 Å². The molecule has 0 saturated carbocycles. The zero-order valence-electron chi connectivity index (χ0n) is 12.4. The molecule has 1 amide bonds. The number of hydrogen-bond donors (Lipinski definition) is 1. The minimum absolute atomic E-state index is 0.452. The van der Waals surface area contributed by atoms with Crippen LogP contribution in [0.15, 0.2) is 24.5 Å². The fraction of sp³-hybridized carbons (Fsp3) is 0.500. The summed E-state index contributed by atoms with van der Waals surface area (Å²) in [4.78, 5) is 28.7. The Bertz CT molecular complexity index is 496. The molecule has 1 aromatic rings. The van der Waals surface area contributed by atoms with Gasteiger partial charge in [-0.3, -0.25) is 9.88 Å². The summed E-state index contributed by atoms with van der Waals surface area (Å²) >= 11 is 0. The van der Waals surface area contributed by atoms with Gasteiger partial charge in [0.25, 0.3) is 0 Å². The van der Waals surface area contributed by atoms with Crippen molar-refractivity contribution in [3.63, 3.8) is 0 Å². The average Bonchev–Trinajstić information content (AvgIpc) is 2.35. The van der Waals surface area contributed by atoms with Crippen LogP contribution in [0.2, 0.25) is 0 Å². The lowest BCUT2D eigenvalue weighted by Crippen LogP contribution is -2.52. The van der Waals surface area contributed by atoms with Gasteiger partial charge in [0.15, 0.2) is 5.54 Å². The summed E-state index contributed by atoms with van der Waals surface area (Å²) < 4.78 is 5.23. The van der Waals surface area contributed by atoms with Crippen molar-refractivity contribution in [1.82, 2.24) is 9.88 Å². The number of ether oxygens (including phenoxy) is 1. The molecule has 0 aliphatic heterocycles. The predicted octanol–water partition coefficient (Wildman–Crippen LogP) is 2.25. The third-order valence-corrected chi connectivity index (χ3v) is 3.00. The minimum Gasteiger partial charge on any atom is -0.479 e. The fourth-order valence-corrected chi connectivity index (χ4v) is 1.65. The molecule has 1 atom stereocenters. The Morgan fingerprint density at radius 2 is 1.70 bits per heavy atom. The third kappa shape index (κ3) is 3.26. The quantitative estimate of drug-likeness (QED) is 0.918. The number of carbonyl (C=O) groups excluding carboxylic acids is 1. The minimum atomic E-state index is -1.52. The van der Waals surface area contributed by atoms with E-state index >= 15 is 0 Å². The van der Waals surface area contributed by atoms with E-state index in [-0.39, 0.29) is 0 Å². The lowest BCUT2D eigenvalue weighted by Gasteiger charge is -2.36. The van der Waals surface area contributed by atoms with E-state index < -0.39 is 23.2 Å². The monoisotopic (exact) mass is 280 g/mol. The molecule has 0 bridgehead atoms. The molecule has 0 radical (unpaired) electrons. The summed E-state index contributed by atoms with van der Waals surface area (Å²) in [5.74, 6) is -1.14. The van der Waals surface area contributed by atoms with Gasteiger partial charge in [-0.05, 0) is 45.4 Å². The number of likely N-dealkylation sites (N-methyl/N-ethyl adjacent to an activating group) is 1. The van der Waals surface area contributed by atoms with Crippen LogP contribution in [0, 0.1) is 0 Å². The second-order valence-corrected chi connectivity index (χ2v) is 5.65. The van der Waals surface area contributed by atoms with Gasteiger partial charge in [0.05, 0.1) is 0 Å². The molecular formula is C14H20N2O4. The topological polar surface area (TPSA) is 79.7 Å². The first-order valence-corrected chi connectivity index (χ1v) is 6.19. The van der Waals surface area contributed by atoms with E-state index in [2.05, 4.69) is 4.98 Å². The molecule has 20 heavy (non-hydrogen) atoms. The van der Waals surface area contributed by atoms with Gasteiger partial charge >= 0.3 is 12.1 Å². The summed E-state index contributed by atoms with van der Waals surface area (Å²) in [7, 11) is 1.41. The smallest absolute Gasteiger partial charge is 0.411 e. The average molecular weight is 280 g/mol. The van der Waals surface area contributed by atoms with Gasteiger partial charge in [-0.15, -0.1) is 0 Å². The molecule has 0 aliphatic rings. The predicted molar refractivity (Wildman–Crippen MR) is 73.2 cm³/mol. The SMILES string of the molecule is CN(C(=O)OC(C)(C)C)C(C)(C(=O)O)c1ccncc1. The molecule has 0 fully saturated rings. The number of carbonyl (C=O) groups is 2. The lowest BCUT2D eigenvalue weighted by molar-refractivity contribution is -0.150. The van der Waals surface area contributed by atoms with E-state index in [0.717, 1.165) is 4.90 Å². The van der Waals surface area contributed by atoms with Crippen molar-refractivity contribution in [2.24, 2.45) is 0 Å². The highest BCUT2D eigenvalue weighted by molar-refractivity contribution is 5.85. The third-order valence-electron chi connectivity index (χ3n) is 3.00. The van der Waals surface area contributed by atoms with E-state index in [1.54, 1.807) is 32.9 Å². The summed E-state index contributed by atoms with van der Waals surface area (Å²) in [5, 5.41) is 9.53. The van der Waals surface area contributed by atoms with E-state index in [4.69, 9.17) is 4.74 Å². The number of pyridine rings is 1. The summed E-state index contributed by atoms with van der Waals surface area (Å²) in [6, 6.07) is 3.13. The van der Waals surface area contributed by atoms with Crippen LogP contribution >= 0.6 is 0 Å². The Labute approximate surface area is 118 Å². The van der Waals surface area contributed by atoms with Gasteiger partial charge in [-0.2, -0.15) is 0 Å². The van der Waals surface area contributed by atoms with Gasteiger partial charge in [0, 0.05) is 19.4 Å². The van der Waals surface area contributed by atoms with E-state index in [1.165, 1.54) is 26.4 Å². The Hall–Kier alpha value is -2.11. The van der Waals surface area contributed by atoms with Crippen molar-refractivity contribution < 1.29 is 19.4 Å². The van der Waals surface area contributed by atoms with Gasteiger partial charge in [-0.1, -0.05) is 0 Å². The zero-order valence-corrected chi connectivity index (χ0v) is 12.4. The molecule has 1 rings (SSSR count). The molecule has 1 unspecified atom stereocenters. The van der Waals surface area contributed by atoms with Crippen molar-refractivity contribution in [2.75, 3.05) is 7.05 Å². The van der Waals surface area contributed by atoms with Crippen LogP contribution in [0.25, 0.3) is 0 Å². The van der Waals surface area contributed by atoms with Crippen molar-refractivity contribution in [1.29, 1.82) is 0 Å². The normalized spacial score (nSPS) is 14.2. The highest BCUT2D eigenvalue weighted by atomic mass is 16.6. The van der Waals surface area contributed by atoms with Crippen molar-refractivity contribution in [2.45, 2.75) is 38.8 Å². The Morgan fingerprint density at radius 1 is 1.20 bits per heavy atom. The maximum Gasteiger partial charge on any atom is 0.411 e. The van der Waals surface area contributed by atoms with Gasteiger partial charge in [-0.25, -0.2) is 9.59 Å². The maximum atomic E-state index is 12.1. The van der Waals surface area contributed by atoms with E-state index in [1.807, 2.05) is 0 Å². The first kappa shape index (κ1) is 15.9. The van der Waals surface area contributed by atoms with Crippen LogP contribution in [0.5, 0.6) is 0 Å². The number of carboxylic acids is 1. The molecule has 1 aromatic heterocycles. The zero-order chi connectivity index (χ0) is 15.6. The molecule has 1 heterocycles. The first-order chi connectivity index (χ1) is 9.09. The lowest BCUT2D eigenvalue weighted by atomic mass is 9.91. The molecule has 1 N–H and O–H groups in total. The molecule has 0 spiro atoms. The van der Waals surface area contributed by atoms with Crippen molar-refractivity contribution >= 4 is 12.1 Å². The van der Waals surface area contributed by atoms with Gasteiger partial charge in [0.1, 0.15) is 5.60 Å². The van der Waals surface area contributed by atoms with Gasteiger partial charge < -0.3 is 9.84 Å². The van der Waals surface area contributed by atoms with Crippen LogP contribution in [-0.2, 0) is 15.1 Å². The molecular weight excluding hydrogens is 260 g/mol. The van der Waals surface area contributed by atoms with Crippen LogP contribution < -0.4 is 0 Å². The summed E-state index contributed by atoms with van der Waals surface area (Å²) in [6.07, 6.45) is 2.28. The first-order valence-electron chi connectivity index (χ1n) is 6.19. The molecule has 0 aliphatic carbocycles. The maximum absolute atomic E-state index is 12.1. The van der Waals surface area contributed by atoms with Crippen LogP contribution in [-0.4, -0.2) is 39.7 Å². The standard InChI is InChI=1S/C14H20N2O4/c1-13(2,3)20-12(19)16(5)14(4,11(17)18)10-6-8-15-9-7-10/h6-9H,1-5H3,(H,17,18). The van der Waals surface area contributed by atoms with Crippen molar-refractivity contribution in [3.05, 3.63) is 30.1 Å². The number of aromatic nitrogens is 1. The van der Waals surface area contributed by atoms with Crippen molar-refractivity contribution in [3.8, 4) is 0 Å². The Balaban J connectivity index is 3.15. The van der Waals surface area contributed by atoms with E-state index in [0.29, 0.717) is 5.56 Å². The second kappa shape index (κ2) is 5.48. The molecule has 110 valence electrons. The molecule has 6 heteroatoms. The number of carboxylic acid groups (broad SMARTS) is 1. The highest BCUT2D eigenvalue weighted by Crippen LogP contribution is 2.28. The fourth-order valence-electron chi connectivity index (χ4n) is 1.65. The summed E-state index contributed by atoms with van der Waals surface area (Å²) in [6.45, 7) is 6.63. The number of amides is 1. The second-order valence-electron chi connectivity index (χ2n) is 5.65. The van der Waals surface area contributed by atoms with Crippen LogP contribution in [0.4, 0.5) is 4.79 Å². The number of rotatable bonds is 3. The summed E-state index contributed by atoms with van der Waals surface area (Å²) in [5.41, 5.74) is -1.76. The Kier molecular flexibility index (Phi) is 4.37. The molecule has 0 saturated heterocycles. The van der Waals surface area contributed by atoms with Gasteiger partial charge in [0.2, 0.25) is 0 Å². The molecule has 0 aromatic carbocycles. The number of hydrogen-bond acceptors (Lipinski definition) is 4. The van der Waals surface area contributed by atoms with Crippen LogP contribution in [0.3, 0.4) is 0 Å². The number of aliphatic carboxylic acids is 1.